The Bertz CT molecular complexity index is 619. The zero-order chi connectivity index (χ0) is 15.6. The third-order valence-electron chi connectivity index (χ3n) is 3.71. The minimum absolute atomic E-state index is 0.0409. The number of aliphatic hydroxyl groups excluding tert-OH is 2. The molecule has 0 saturated heterocycles. The number of imidazole rings is 1. The maximum atomic E-state index is 9.39. The predicted octanol–water partition coefficient (Wildman–Crippen LogP) is 0.769. The number of nitrogens with zero attached hydrogens (tertiary/aromatic N) is 4. The van der Waals surface area contributed by atoms with Gasteiger partial charge in [-0.2, -0.15) is 0 Å². The van der Waals surface area contributed by atoms with Crippen LogP contribution in [0.3, 0.4) is 0 Å². The quantitative estimate of drug-likeness (QED) is 0.822. The molecule has 0 aliphatic rings. The van der Waals surface area contributed by atoms with Gasteiger partial charge >= 0.3 is 0 Å². The Morgan fingerprint density at radius 1 is 1.29 bits per heavy atom. The van der Waals surface area contributed by atoms with Crippen LogP contribution >= 0.6 is 0 Å². The summed E-state index contributed by atoms with van der Waals surface area (Å²) in [6, 6.07) is 2.03. The van der Waals surface area contributed by atoms with Crippen molar-refractivity contribution < 1.29 is 10.2 Å². The Morgan fingerprint density at radius 3 is 2.57 bits per heavy atom. The van der Waals surface area contributed by atoms with Crippen molar-refractivity contribution in [2.75, 3.05) is 26.8 Å². The minimum Gasteiger partial charge on any atom is -0.396 e. The fourth-order valence-corrected chi connectivity index (χ4v) is 2.64. The van der Waals surface area contributed by atoms with Crippen molar-refractivity contribution in [3.05, 3.63) is 29.3 Å². The summed E-state index contributed by atoms with van der Waals surface area (Å²) in [5.41, 5.74) is 2.61. The highest BCUT2D eigenvalue weighted by Gasteiger charge is 2.24. The Labute approximate surface area is 125 Å². The van der Waals surface area contributed by atoms with E-state index in [0.29, 0.717) is 18.9 Å². The van der Waals surface area contributed by atoms with Gasteiger partial charge in [-0.15, -0.1) is 0 Å². The number of hydrogen-bond acceptors (Lipinski definition) is 5. The van der Waals surface area contributed by atoms with Crippen molar-refractivity contribution in [3.8, 4) is 0 Å². The molecule has 2 aromatic rings. The van der Waals surface area contributed by atoms with Crippen molar-refractivity contribution in [1.82, 2.24) is 19.3 Å². The molecule has 6 nitrogen and oxygen atoms in total. The van der Waals surface area contributed by atoms with E-state index in [9.17, 15) is 10.2 Å². The molecule has 0 fully saturated rings. The van der Waals surface area contributed by atoms with Crippen molar-refractivity contribution >= 4 is 5.78 Å². The summed E-state index contributed by atoms with van der Waals surface area (Å²) in [5, 5.41) is 18.8. The molecule has 0 spiro atoms. The first kappa shape index (κ1) is 15.9. The molecule has 2 heterocycles. The molecule has 116 valence electrons. The highest BCUT2D eigenvalue weighted by atomic mass is 16.3. The van der Waals surface area contributed by atoms with E-state index in [1.807, 2.05) is 44.5 Å². The van der Waals surface area contributed by atoms with E-state index in [4.69, 9.17) is 0 Å². The lowest BCUT2D eigenvalue weighted by molar-refractivity contribution is 0.0398. The summed E-state index contributed by atoms with van der Waals surface area (Å²) in [4.78, 5) is 10.9. The Hall–Kier alpha value is -1.50. The molecule has 0 amide bonds. The van der Waals surface area contributed by atoms with Crippen LogP contribution in [0.1, 0.15) is 24.0 Å². The maximum absolute atomic E-state index is 9.39. The van der Waals surface area contributed by atoms with E-state index in [1.165, 1.54) is 0 Å². The standard InChI is InChI=1S/C15H24N4O2/c1-11-5-12(2)19-13(6-16-14(19)17-11)7-18(4)8-15(3,9-20)10-21/h5-6,20-21H,7-10H2,1-4H3. The monoisotopic (exact) mass is 292 g/mol. The van der Waals surface area contributed by atoms with Gasteiger partial charge in [0.25, 0.3) is 0 Å². The summed E-state index contributed by atoms with van der Waals surface area (Å²) in [7, 11) is 1.97. The number of aryl methyl sites for hydroxylation is 2. The molecule has 2 N–H and O–H groups in total. The number of rotatable bonds is 6. The van der Waals surface area contributed by atoms with E-state index in [2.05, 4.69) is 14.9 Å². The van der Waals surface area contributed by atoms with Crippen LogP contribution in [0.4, 0.5) is 0 Å². The molecule has 0 aliphatic carbocycles. The van der Waals surface area contributed by atoms with Gasteiger partial charge in [0.15, 0.2) is 0 Å². The van der Waals surface area contributed by atoms with E-state index < -0.39 is 5.41 Å². The van der Waals surface area contributed by atoms with Gasteiger partial charge in [-0.25, -0.2) is 9.97 Å². The average molecular weight is 292 g/mol. The zero-order valence-electron chi connectivity index (χ0n) is 13.2. The molecule has 6 heteroatoms. The molecule has 2 aromatic heterocycles. The van der Waals surface area contributed by atoms with Gasteiger partial charge in [0, 0.05) is 29.9 Å². The second kappa shape index (κ2) is 6.09. The van der Waals surface area contributed by atoms with Crippen molar-refractivity contribution in [3.63, 3.8) is 0 Å². The molecule has 0 atom stereocenters. The van der Waals surface area contributed by atoms with Crippen LogP contribution in [0.15, 0.2) is 12.3 Å². The normalized spacial score (nSPS) is 12.5. The zero-order valence-corrected chi connectivity index (χ0v) is 13.2. The highest BCUT2D eigenvalue weighted by Crippen LogP contribution is 2.18. The van der Waals surface area contributed by atoms with Gasteiger partial charge in [-0.1, -0.05) is 6.92 Å². The lowest BCUT2D eigenvalue weighted by atomic mass is 9.92. The molecule has 0 aromatic carbocycles. The summed E-state index contributed by atoms with van der Waals surface area (Å²) in [6.45, 7) is 7.07. The van der Waals surface area contributed by atoms with Gasteiger partial charge < -0.3 is 10.2 Å². The van der Waals surface area contributed by atoms with Crippen LogP contribution in [0.25, 0.3) is 5.78 Å². The molecule has 0 unspecified atom stereocenters. The van der Waals surface area contributed by atoms with Crippen molar-refractivity contribution in [2.45, 2.75) is 27.3 Å². The van der Waals surface area contributed by atoms with Gasteiger partial charge in [-0.3, -0.25) is 9.30 Å². The number of aromatic nitrogens is 3. The molecule has 0 saturated carbocycles. The molecule has 0 bridgehead atoms. The smallest absolute Gasteiger partial charge is 0.234 e. The first-order valence-corrected chi connectivity index (χ1v) is 7.09. The molecule has 2 rings (SSSR count). The SMILES string of the molecule is Cc1cc(C)n2c(CN(C)CC(C)(CO)CO)cnc2n1. The summed E-state index contributed by atoms with van der Waals surface area (Å²) >= 11 is 0. The van der Waals surface area contributed by atoms with Gasteiger partial charge in [0.05, 0.1) is 25.1 Å². The second-order valence-electron chi connectivity index (χ2n) is 6.22. The van der Waals surface area contributed by atoms with E-state index in [1.54, 1.807) is 0 Å². The Kier molecular flexibility index (Phi) is 4.61. The lowest BCUT2D eigenvalue weighted by Crippen LogP contribution is -2.38. The minimum atomic E-state index is -0.501. The van der Waals surface area contributed by atoms with Gasteiger partial charge in [-0.05, 0) is 27.0 Å². The summed E-state index contributed by atoms with van der Waals surface area (Å²) in [6.07, 6.45) is 1.83. The third-order valence-corrected chi connectivity index (χ3v) is 3.71. The summed E-state index contributed by atoms with van der Waals surface area (Å²) < 4.78 is 2.04. The van der Waals surface area contributed by atoms with Crippen LogP contribution in [0.2, 0.25) is 0 Å². The van der Waals surface area contributed by atoms with Crippen LogP contribution in [-0.2, 0) is 6.54 Å². The van der Waals surface area contributed by atoms with Crippen molar-refractivity contribution in [1.29, 1.82) is 0 Å². The van der Waals surface area contributed by atoms with E-state index >= 15 is 0 Å². The fraction of sp³-hybridized carbons (Fsp3) is 0.600. The fourth-order valence-electron chi connectivity index (χ4n) is 2.64. The van der Waals surface area contributed by atoms with Crippen LogP contribution in [-0.4, -0.2) is 56.3 Å². The Balaban J connectivity index is 2.20. The van der Waals surface area contributed by atoms with E-state index in [0.717, 1.165) is 17.1 Å². The first-order chi connectivity index (χ1) is 9.88. The van der Waals surface area contributed by atoms with Crippen molar-refractivity contribution in [2.24, 2.45) is 5.41 Å². The van der Waals surface area contributed by atoms with Crippen LogP contribution in [0.5, 0.6) is 0 Å². The highest BCUT2D eigenvalue weighted by molar-refractivity contribution is 5.35. The van der Waals surface area contributed by atoms with E-state index in [-0.39, 0.29) is 13.2 Å². The number of hydrogen-bond donors (Lipinski definition) is 2. The largest absolute Gasteiger partial charge is 0.396 e. The lowest BCUT2D eigenvalue weighted by Gasteiger charge is -2.30. The van der Waals surface area contributed by atoms with Gasteiger partial charge in [0.2, 0.25) is 5.78 Å². The van der Waals surface area contributed by atoms with Crippen LogP contribution in [0, 0.1) is 19.3 Å². The average Bonchev–Trinajstić information content (AvgIpc) is 2.81. The number of fused-ring (bicyclic) bond motifs is 1. The summed E-state index contributed by atoms with van der Waals surface area (Å²) in [5.74, 6) is 0.711. The maximum Gasteiger partial charge on any atom is 0.234 e. The first-order valence-electron chi connectivity index (χ1n) is 7.09. The molecule has 0 radical (unpaired) electrons. The van der Waals surface area contributed by atoms with Gasteiger partial charge in [0.1, 0.15) is 0 Å². The molecular formula is C15H24N4O2. The predicted molar refractivity (Wildman–Crippen MR) is 81.1 cm³/mol. The Morgan fingerprint density at radius 2 is 1.95 bits per heavy atom. The molecular weight excluding hydrogens is 268 g/mol. The topological polar surface area (TPSA) is 73.9 Å². The third kappa shape index (κ3) is 3.40. The van der Waals surface area contributed by atoms with Crippen LogP contribution < -0.4 is 0 Å². The molecule has 21 heavy (non-hydrogen) atoms. The number of aliphatic hydroxyl groups is 2. The second-order valence-corrected chi connectivity index (χ2v) is 6.22. The molecule has 0 aliphatic heterocycles.